The van der Waals surface area contributed by atoms with E-state index in [0.717, 1.165) is 28.1 Å². The van der Waals surface area contributed by atoms with Gasteiger partial charge in [-0.1, -0.05) is 92.8 Å². The van der Waals surface area contributed by atoms with Gasteiger partial charge in [-0.15, -0.1) is 12.4 Å². The van der Waals surface area contributed by atoms with Crippen molar-refractivity contribution >= 4 is 186 Å². The fourth-order valence-corrected chi connectivity index (χ4v) is 8.42. The zero-order valence-electron chi connectivity index (χ0n) is 38.2. The third kappa shape index (κ3) is 16.6. The van der Waals surface area contributed by atoms with E-state index in [1.807, 2.05) is 9.80 Å². The van der Waals surface area contributed by atoms with Crippen molar-refractivity contribution in [3.8, 4) is 4.98 Å². The number of nitrogens with one attached hydrogen (secondary N) is 3. The maximum Gasteiger partial charge on any atom is 0.325 e. The fourth-order valence-electron chi connectivity index (χ4n) is 6.82. The number of nitrogen functional groups attached to an aromatic ring is 1. The van der Waals surface area contributed by atoms with Crippen molar-refractivity contribution in [3.63, 3.8) is 0 Å². The van der Waals surface area contributed by atoms with Gasteiger partial charge in [0.1, 0.15) is 24.6 Å². The third-order valence-electron chi connectivity index (χ3n) is 10.1. The predicted molar refractivity (Wildman–Crippen MR) is 294 cm³/mol. The summed E-state index contributed by atoms with van der Waals surface area (Å²) in [6, 6.07) is 13.7. The Morgan fingerprint density at radius 2 is 1.07 bits per heavy atom. The highest BCUT2D eigenvalue weighted by Gasteiger charge is 2.32. The van der Waals surface area contributed by atoms with E-state index in [2.05, 4.69) is 46.9 Å². The van der Waals surface area contributed by atoms with Crippen LogP contribution >= 0.6 is 121 Å². The second-order valence-electron chi connectivity index (χ2n) is 14.8. The van der Waals surface area contributed by atoms with Crippen LogP contribution < -0.4 is 27.4 Å². The predicted octanol–water partition coefficient (Wildman–Crippen LogP) is 8.86. The summed E-state index contributed by atoms with van der Waals surface area (Å²) in [5, 5.41) is 19.3. The average Bonchev–Trinajstić information content (AvgIpc) is 3.89. The molecule has 9 N–H and O–H groups in total. The number of halogens is 10. The molecule has 0 bridgehead atoms. The number of nitrogens with two attached hydrogens (primary N) is 2. The van der Waals surface area contributed by atoms with Gasteiger partial charge in [0.2, 0.25) is 23.7 Å². The fraction of sp³-hybridized carbons (Fsp3) is 0.273. The molecule has 2 amide bonds. The van der Waals surface area contributed by atoms with Gasteiger partial charge in [0.25, 0.3) is 0 Å². The van der Waals surface area contributed by atoms with Crippen LogP contribution in [0, 0.1) is 10.2 Å². The number of carbonyl (C=O) groups is 4. The summed E-state index contributed by atoms with van der Waals surface area (Å²) in [6.45, 7) is 6.84. The van der Waals surface area contributed by atoms with E-state index < -0.39 is 0 Å². The molecule has 2 saturated heterocycles. The summed E-state index contributed by atoms with van der Waals surface area (Å²) in [6.07, 6.45) is 0. The summed E-state index contributed by atoms with van der Waals surface area (Å²) >= 11 is 50.5. The minimum atomic E-state index is -0.359. The molecule has 19 nitrogen and oxygen atoms in total. The van der Waals surface area contributed by atoms with Gasteiger partial charge in [-0.25, -0.2) is 15.0 Å². The number of amides is 2. The average molecular weight is 1250 g/mol. The molecular weight excluding hydrogens is 1210 g/mol. The summed E-state index contributed by atoms with van der Waals surface area (Å²) < 4.78 is 9.66. The first-order chi connectivity index (χ1) is 33.8. The quantitative estimate of drug-likeness (QED) is 0.0815. The van der Waals surface area contributed by atoms with Crippen molar-refractivity contribution in [1.82, 2.24) is 30.7 Å². The molecule has 9 rings (SSSR count). The molecule has 0 spiro atoms. The minimum Gasteiger partial charge on any atom is -0.465 e. The number of nitrogens with zero attached hydrogens (tertiary/aromatic N) is 7. The largest absolute Gasteiger partial charge is 0.465 e. The van der Waals surface area contributed by atoms with Crippen molar-refractivity contribution in [2.45, 2.75) is 40.0 Å². The maximum absolute atomic E-state index is 11.5. The summed E-state index contributed by atoms with van der Waals surface area (Å²) in [7, 11) is 0. The number of ether oxygens (including phenoxy) is 2. The molecule has 0 saturated carbocycles. The van der Waals surface area contributed by atoms with Crippen LogP contribution in [-0.4, -0.2) is 101 Å². The SMILES string of the molecule is CCOC(=O)CN1Cc2c(ccc(Cl)c2Cl)N=C1N.CCOC(=O)CNCc1c(N)ccc(Cl)c1Cl.Cl.N#CBr.O.O=C1CN2Cc3c(ccc(Cl)c3Cl)N=C2N1.O=C1CN2Cc3c(ccc(Cl)c3Cl)N=C2N1. The number of rotatable bonds is 8. The maximum atomic E-state index is 11.5. The lowest BCUT2D eigenvalue weighted by molar-refractivity contribution is -0.144. The molecule has 5 aliphatic heterocycles. The van der Waals surface area contributed by atoms with Crippen molar-refractivity contribution in [2.24, 2.45) is 20.7 Å². The van der Waals surface area contributed by atoms with E-state index in [-0.39, 0.29) is 60.7 Å². The van der Waals surface area contributed by atoms with Gasteiger partial charge in [-0.3, -0.25) is 29.8 Å². The zero-order chi connectivity index (χ0) is 52.1. The second kappa shape index (κ2) is 29.4. The molecule has 29 heteroatoms. The highest BCUT2D eigenvalue weighted by molar-refractivity contribution is 9.12. The minimum absolute atomic E-state index is 0. The zero-order valence-corrected chi connectivity index (χ0v) is 46.7. The van der Waals surface area contributed by atoms with Gasteiger partial charge in [0, 0.05) is 50.4 Å². The number of hydrogen-bond acceptors (Lipinski definition) is 16. The molecule has 392 valence electrons. The first-order valence-corrected chi connectivity index (χ1v) is 24.6. The lowest BCUT2D eigenvalue weighted by atomic mass is 10.1. The van der Waals surface area contributed by atoms with Crippen LogP contribution in [0.5, 0.6) is 0 Å². The first-order valence-electron chi connectivity index (χ1n) is 20.8. The standard InChI is InChI=1S/C12H13Cl2N3O2.C11H14Cl2N2O2.2C10H7Cl2N3O.CBrN.ClH.H2O/c1-2-19-10(18)6-17-5-7-9(16-12(17)15)4-3-8(13)11(7)14;1-2-17-10(16)6-15-5-7-9(14)4-3-8(12)11(7)13;2*11-6-1-2-7-5(9(6)12)3-15-4-8(16)14-10(15)13-7;2-1-3;;/h3-4H,2,5-6H2,1H3,(H2,15,16);3-4,15H,2,5-6,14H2,1H3;2*1-2H,3-4H2,(H,13,14,16);;1H;1H2. The van der Waals surface area contributed by atoms with Crippen LogP contribution in [0.4, 0.5) is 22.7 Å². The molecule has 0 atom stereocenters. The number of esters is 2. The number of aliphatic imine (C=N–C) groups is 3. The van der Waals surface area contributed by atoms with Crippen molar-refractivity contribution in [3.05, 3.63) is 111 Å². The molecular formula is C44H44BrCl9N12O7. The summed E-state index contributed by atoms with van der Waals surface area (Å²) in [4.78, 5) is 64.7. The Morgan fingerprint density at radius 1 is 0.671 bits per heavy atom. The summed E-state index contributed by atoms with van der Waals surface area (Å²) in [5.41, 5.74) is 17.5. The van der Waals surface area contributed by atoms with Crippen LogP contribution in [0.3, 0.4) is 0 Å². The number of carbonyl (C=O) groups excluding carboxylic acids is 4. The first kappa shape index (κ1) is 62.6. The van der Waals surface area contributed by atoms with Gasteiger partial charge in [-0.05, 0) is 62.4 Å². The van der Waals surface area contributed by atoms with Gasteiger partial charge in [-0.2, -0.15) is 5.26 Å². The molecule has 5 aliphatic rings. The Labute approximate surface area is 473 Å². The monoisotopic (exact) mass is 1250 g/mol. The highest BCUT2D eigenvalue weighted by atomic mass is 79.9. The molecule has 0 aromatic heterocycles. The topological polar surface area (TPSA) is 277 Å². The summed E-state index contributed by atoms with van der Waals surface area (Å²) in [5.74, 6) is 0.680. The van der Waals surface area contributed by atoms with E-state index in [4.69, 9.17) is 119 Å². The molecule has 0 radical (unpaired) electrons. The molecule has 0 unspecified atom stereocenters. The van der Waals surface area contributed by atoms with E-state index in [0.29, 0.717) is 122 Å². The highest BCUT2D eigenvalue weighted by Crippen LogP contribution is 2.39. The van der Waals surface area contributed by atoms with Crippen LogP contribution in [-0.2, 0) is 54.8 Å². The van der Waals surface area contributed by atoms with Gasteiger partial charge >= 0.3 is 11.9 Å². The number of hydrogen-bond donors (Lipinski definition) is 5. The molecule has 0 aliphatic carbocycles. The number of anilines is 1. The second-order valence-corrected chi connectivity index (χ2v) is 18.3. The molecule has 2 fully saturated rings. The van der Waals surface area contributed by atoms with Gasteiger partial charge in [0.15, 0.2) is 5.96 Å². The molecule has 5 heterocycles. The third-order valence-corrected chi connectivity index (χ3v) is 13.5. The van der Waals surface area contributed by atoms with Crippen molar-refractivity contribution in [2.75, 3.05) is 45.1 Å². The Hall–Kier alpha value is -4.73. The number of fused-ring (bicyclic) bond motifs is 5. The van der Waals surface area contributed by atoms with E-state index in [1.54, 1.807) is 72.3 Å². The van der Waals surface area contributed by atoms with Crippen LogP contribution in [0.25, 0.3) is 0 Å². The van der Waals surface area contributed by atoms with Gasteiger partial charge in [0.05, 0.1) is 96.6 Å². The Morgan fingerprint density at radius 3 is 1.52 bits per heavy atom. The molecule has 4 aromatic rings. The number of nitriles is 1. The molecule has 73 heavy (non-hydrogen) atoms. The molecule has 4 aromatic carbocycles. The Bertz CT molecular complexity index is 2760. The van der Waals surface area contributed by atoms with Crippen LogP contribution in [0.15, 0.2) is 63.5 Å². The van der Waals surface area contributed by atoms with E-state index in [9.17, 15) is 19.2 Å². The van der Waals surface area contributed by atoms with Crippen molar-refractivity contribution < 1.29 is 34.1 Å². The van der Waals surface area contributed by atoms with E-state index in [1.165, 1.54) is 0 Å². The van der Waals surface area contributed by atoms with Crippen LogP contribution in [0.1, 0.15) is 36.1 Å². The number of benzene rings is 4. The smallest absolute Gasteiger partial charge is 0.325 e. The number of guanidine groups is 3. The lowest BCUT2D eigenvalue weighted by Crippen LogP contribution is -2.42. The Kier molecular flexibility index (Phi) is 25.2. The van der Waals surface area contributed by atoms with Gasteiger partial charge < -0.3 is 46.4 Å². The normalized spacial score (nSPS) is 13.9. The van der Waals surface area contributed by atoms with E-state index >= 15 is 0 Å². The Balaban J connectivity index is 0.000000250. The van der Waals surface area contributed by atoms with Crippen LogP contribution in [0.2, 0.25) is 40.2 Å². The lowest BCUT2D eigenvalue weighted by Gasteiger charge is -2.27. The van der Waals surface area contributed by atoms with Crippen molar-refractivity contribution in [1.29, 1.82) is 5.26 Å².